The zero-order chi connectivity index (χ0) is 18.4. The third kappa shape index (κ3) is 4.92. The van der Waals surface area contributed by atoms with Crippen LogP contribution in [0.2, 0.25) is 0 Å². The minimum Gasteiger partial charge on any atom is -0.350 e. The standard InChI is InChI=1S/C21H26N2O2/c1-14(2)19(23-20(24)18-12-8-6-10-16(18)4)21(25)22-13-17-11-7-5-9-15(17)3/h5-12,14,19H,13H2,1-4H3,(H,22,25)(H,23,24)/t19-/m0/s1. The summed E-state index contributed by atoms with van der Waals surface area (Å²) in [6.07, 6.45) is 0. The van der Waals surface area contributed by atoms with Crippen molar-refractivity contribution in [2.75, 3.05) is 0 Å². The van der Waals surface area contributed by atoms with Gasteiger partial charge in [0.25, 0.3) is 5.91 Å². The predicted octanol–water partition coefficient (Wildman–Crippen LogP) is 3.37. The summed E-state index contributed by atoms with van der Waals surface area (Å²) in [6, 6.07) is 14.7. The van der Waals surface area contributed by atoms with Gasteiger partial charge in [-0.1, -0.05) is 56.3 Å². The van der Waals surface area contributed by atoms with Gasteiger partial charge >= 0.3 is 0 Å². The minimum atomic E-state index is -0.573. The van der Waals surface area contributed by atoms with Gasteiger partial charge in [-0.05, 0) is 42.5 Å². The Morgan fingerprint density at radius 1 is 0.920 bits per heavy atom. The molecular weight excluding hydrogens is 312 g/mol. The minimum absolute atomic E-state index is 0.00941. The first kappa shape index (κ1) is 18.7. The van der Waals surface area contributed by atoms with Gasteiger partial charge < -0.3 is 10.6 Å². The first-order valence-electron chi connectivity index (χ1n) is 8.59. The highest BCUT2D eigenvalue weighted by atomic mass is 16.2. The van der Waals surface area contributed by atoms with Crippen molar-refractivity contribution in [2.45, 2.75) is 40.3 Å². The highest BCUT2D eigenvalue weighted by Gasteiger charge is 2.25. The van der Waals surface area contributed by atoms with Crippen molar-refractivity contribution >= 4 is 11.8 Å². The van der Waals surface area contributed by atoms with E-state index in [1.165, 1.54) is 0 Å². The van der Waals surface area contributed by atoms with E-state index in [9.17, 15) is 9.59 Å². The molecule has 2 aromatic carbocycles. The zero-order valence-corrected chi connectivity index (χ0v) is 15.3. The van der Waals surface area contributed by atoms with Gasteiger partial charge in [-0.15, -0.1) is 0 Å². The average Bonchev–Trinajstić information content (AvgIpc) is 2.58. The van der Waals surface area contributed by atoms with E-state index in [1.807, 2.05) is 70.2 Å². The van der Waals surface area contributed by atoms with Gasteiger partial charge in [-0.3, -0.25) is 9.59 Å². The summed E-state index contributed by atoms with van der Waals surface area (Å²) >= 11 is 0. The van der Waals surface area contributed by atoms with Crippen LogP contribution in [-0.4, -0.2) is 17.9 Å². The summed E-state index contributed by atoms with van der Waals surface area (Å²) in [4.78, 5) is 25.1. The predicted molar refractivity (Wildman–Crippen MR) is 100 cm³/mol. The molecule has 2 rings (SSSR count). The van der Waals surface area contributed by atoms with Crippen LogP contribution in [0.5, 0.6) is 0 Å². The largest absolute Gasteiger partial charge is 0.350 e. The number of hydrogen-bond acceptors (Lipinski definition) is 2. The first-order chi connectivity index (χ1) is 11.9. The summed E-state index contributed by atoms with van der Waals surface area (Å²) in [6.45, 7) is 8.21. The molecule has 1 atom stereocenters. The van der Waals surface area contributed by atoms with Crippen molar-refractivity contribution in [1.29, 1.82) is 0 Å². The van der Waals surface area contributed by atoms with Crippen LogP contribution in [0.1, 0.15) is 40.9 Å². The van der Waals surface area contributed by atoms with E-state index in [0.717, 1.165) is 16.7 Å². The van der Waals surface area contributed by atoms with E-state index in [4.69, 9.17) is 0 Å². The second-order valence-electron chi connectivity index (χ2n) is 6.65. The Balaban J connectivity index is 2.04. The molecule has 4 heteroatoms. The van der Waals surface area contributed by atoms with Gasteiger partial charge in [0, 0.05) is 12.1 Å². The van der Waals surface area contributed by atoms with Crippen LogP contribution in [0.4, 0.5) is 0 Å². The Labute approximate surface area is 149 Å². The van der Waals surface area contributed by atoms with Gasteiger partial charge in [0.15, 0.2) is 0 Å². The Morgan fingerprint density at radius 3 is 2.12 bits per heavy atom. The first-order valence-corrected chi connectivity index (χ1v) is 8.59. The van der Waals surface area contributed by atoms with Crippen LogP contribution in [0.15, 0.2) is 48.5 Å². The fourth-order valence-electron chi connectivity index (χ4n) is 2.68. The number of amides is 2. The third-order valence-electron chi connectivity index (χ3n) is 4.34. The number of hydrogen-bond donors (Lipinski definition) is 2. The lowest BCUT2D eigenvalue weighted by Gasteiger charge is -2.22. The van der Waals surface area contributed by atoms with E-state index in [-0.39, 0.29) is 17.7 Å². The highest BCUT2D eigenvalue weighted by molar-refractivity contribution is 5.98. The summed E-state index contributed by atoms with van der Waals surface area (Å²) in [5, 5.41) is 5.81. The molecule has 0 aromatic heterocycles. The molecule has 0 unspecified atom stereocenters. The number of carbonyl (C=O) groups excluding carboxylic acids is 2. The van der Waals surface area contributed by atoms with Gasteiger partial charge in [0.05, 0.1) is 0 Å². The molecule has 0 radical (unpaired) electrons. The van der Waals surface area contributed by atoms with Crippen molar-refractivity contribution in [1.82, 2.24) is 10.6 Å². The van der Waals surface area contributed by atoms with Gasteiger partial charge in [0.1, 0.15) is 6.04 Å². The van der Waals surface area contributed by atoms with Crippen LogP contribution >= 0.6 is 0 Å². The van der Waals surface area contributed by atoms with Gasteiger partial charge in [0.2, 0.25) is 5.91 Å². The molecule has 0 aliphatic heterocycles. The van der Waals surface area contributed by atoms with E-state index in [2.05, 4.69) is 10.6 Å². The topological polar surface area (TPSA) is 58.2 Å². The molecule has 0 saturated carbocycles. The lowest BCUT2D eigenvalue weighted by Crippen LogP contribution is -2.49. The van der Waals surface area contributed by atoms with Crippen molar-refractivity contribution in [2.24, 2.45) is 5.92 Å². The maximum Gasteiger partial charge on any atom is 0.252 e. The summed E-state index contributed by atoms with van der Waals surface area (Å²) < 4.78 is 0. The van der Waals surface area contributed by atoms with Crippen LogP contribution in [-0.2, 0) is 11.3 Å². The van der Waals surface area contributed by atoms with Crippen LogP contribution in [0, 0.1) is 19.8 Å². The fourth-order valence-corrected chi connectivity index (χ4v) is 2.68. The van der Waals surface area contributed by atoms with E-state index < -0.39 is 6.04 Å². The van der Waals surface area contributed by atoms with Crippen molar-refractivity contribution in [3.8, 4) is 0 Å². The quantitative estimate of drug-likeness (QED) is 0.848. The summed E-state index contributed by atoms with van der Waals surface area (Å²) in [5.74, 6) is -0.395. The molecule has 2 amide bonds. The second-order valence-corrected chi connectivity index (χ2v) is 6.65. The molecule has 4 nitrogen and oxygen atoms in total. The summed E-state index contributed by atoms with van der Waals surface area (Å²) in [5.41, 5.74) is 3.69. The Bertz CT molecular complexity index is 753. The van der Waals surface area contributed by atoms with Gasteiger partial charge in [-0.2, -0.15) is 0 Å². The van der Waals surface area contributed by atoms with E-state index in [0.29, 0.717) is 12.1 Å². The van der Waals surface area contributed by atoms with Crippen LogP contribution in [0.3, 0.4) is 0 Å². The molecular formula is C21H26N2O2. The molecule has 0 aliphatic carbocycles. The lowest BCUT2D eigenvalue weighted by molar-refractivity contribution is -0.124. The zero-order valence-electron chi connectivity index (χ0n) is 15.3. The molecule has 0 spiro atoms. The highest BCUT2D eigenvalue weighted by Crippen LogP contribution is 2.10. The molecule has 2 aromatic rings. The summed E-state index contributed by atoms with van der Waals surface area (Å²) in [7, 11) is 0. The van der Waals surface area contributed by atoms with Crippen molar-refractivity contribution in [3.63, 3.8) is 0 Å². The second kappa shape index (κ2) is 8.47. The fraction of sp³-hybridized carbons (Fsp3) is 0.333. The number of nitrogens with one attached hydrogen (secondary N) is 2. The molecule has 0 bridgehead atoms. The van der Waals surface area contributed by atoms with Crippen LogP contribution < -0.4 is 10.6 Å². The molecule has 2 N–H and O–H groups in total. The van der Waals surface area contributed by atoms with E-state index >= 15 is 0 Å². The maximum absolute atomic E-state index is 12.6. The van der Waals surface area contributed by atoms with Crippen LogP contribution in [0.25, 0.3) is 0 Å². The number of aryl methyl sites for hydroxylation is 2. The number of benzene rings is 2. The number of carbonyl (C=O) groups is 2. The normalized spacial score (nSPS) is 11.9. The van der Waals surface area contributed by atoms with E-state index in [1.54, 1.807) is 6.07 Å². The Kier molecular flexibility index (Phi) is 6.34. The lowest BCUT2D eigenvalue weighted by atomic mass is 10.0. The molecule has 132 valence electrons. The molecule has 0 aliphatic rings. The smallest absolute Gasteiger partial charge is 0.252 e. The number of rotatable bonds is 6. The molecule has 0 saturated heterocycles. The Morgan fingerprint density at radius 2 is 1.52 bits per heavy atom. The molecule has 25 heavy (non-hydrogen) atoms. The SMILES string of the molecule is Cc1ccccc1CNC(=O)[C@@H](NC(=O)c1ccccc1C)C(C)C. The maximum atomic E-state index is 12.6. The monoisotopic (exact) mass is 338 g/mol. The van der Waals surface area contributed by atoms with Gasteiger partial charge in [-0.25, -0.2) is 0 Å². The molecule has 0 fully saturated rings. The average molecular weight is 338 g/mol. The Hall–Kier alpha value is -2.62. The molecule has 0 heterocycles. The van der Waals surface area contributed by atoms with Crippen molar-refractivity contribution < 1.29 is 9.59 Å². The third-order valence-corrected chi connectivity index (χ3v) is 4.34. The van der Waals surface area contributed by atoms with Crippen molar-refractivity contribution in [3.05, 3.63) is 70.8 Å².